The van der Waals surface area contributed by atoms with E-state index in [0.29, 0.717) is 15.6 Å². The molecule has 4 rings (SSSR count). The summed E-state index contributed by atoms with van der Waals surface area (Å²) in [5.41, 5.74) is 0.452. The van der Waals surface area contributed by atoms with Crippen LogP contribution in [0.2, 0.25) is 10.0 Å². The third-order valence-electron chi connectivity index (χ3n) is 5.00. The van der Waals surface area contributed by atoms with Crippen LogP contribution in [0.5, 0.6) is 0 Å². The Morgan fingerprint density at radius 2 is 1.07 bits per heavy atom. The van der Waals surface area contributed by atoms with Crippen LogP contribution in [0.1, 0.15) is 10.4 Å². The number of carbonyl (C=O) groups is 1. The first-order valence-electron chi connectivity index (χ1n) is 9.52. The number of carbonyl (C=O) groups excluding carboxylic acids is 1. The van der Waals surface area contributed by atoms with E-state index >= 15 is 0 Å². The summed E-state index contributed by atoms with van der Waals surface area (Å²) in [7, 11) is 0. The van der Waals surface area contributed by atoms with Gasteiger partial charge in [-0.1, -0.05) is 114 Å². The first kappa shape index (κ1) is 20.7. The van der Waals surface area contributed by atoms with Crippen LogP contribution in [0.25, 0.3) is 0 Å². The van der Waals surface area contributed by atoms with Gasteiger partial charge in [-0.05, 0) is 46.8 Å². The monoisotopic (exact) mass is 448 g/mol. The van der Waals surface area contributed by atoms with E-state index in [1.54, 1.807) is 18.2 Å². The molecular formula is C26H19Cl2OP. The fourth-order valence-corrected chi connectivity index (χ4v) is 7.86. The quantitative estimate of drug-likeness (QED) is 0.271. The average Bonchev–Trinajstić information content (AvgIpc) is 2.79. The lowest BCUT2D eigenvalue weighted by Gasteiger charge is -2.28. The summed E-state index contributed by atoms with van der Waals surface area (Å²) < 4.78 is 0. The van der Waals surface area contributed by atoms with E-state index in [1.165, 1.54) is 0 Å². The second-order valence-electron chi connectivity index (χ2n) is 6.85. The summed E-state index contributed by atoms with van der Waals surface area (Å²) in [5, 5.41) is 4.20. The Bertz CT molecular complexity index is 1120. The van der Waals surface area contributed by atoms with Gasteiger partial charge >= 0.3 is 0 Å². The fourth-order valence-electron chi connectivity index (χ4n) is 3.59. The molecule has 0 heterocycles. The third kappa shape index (κ3) is 4.02. The van der Waals surface area contributed by atoms with Gasteiger partial charge in [-0.15, -0.1) is 0 Å². The van der Waals surface area contributed by atoms with Crippen molar-refractivity contribution in [3.8, 4) is 0 Å². The fraction of sp³-hybridized carbons (Fsp3) is 0. The molecule has 0 spiro atoms. The molecule has 0 unspecified atom stereocenters. The van der Waals surface area contributed by atoms with Crippen LogP contribution in [0.15, 0.2) is 109 Å². The van der Waals surface area contributed by atoms with Gasteiger partial charge in [-0.3, -0.25) is 4.79 Å². The highest BCUT2D eigenvalue weighted by atomic mass is 35.5. The molecule has 0 fully saturated rings. The summed E-state index contributed by atoms with van der Waals surface area (Å²) in [6.45, 7) is -2.37. The zero-order valence-corrected chi connectivity index (χ0v) is 18.5. The highest BCUT2D eigenvalue weighted by Gasteiger charge is 2.27. The number of halogens is 2. The van der Waals surface area contributed by atoms with Gasteiger partial charge in [-0.2, -0.15) is 0 Å². The van der Waals surface area contributed by atoms with Crippen molar-refractivity contribution in [2.75, 3.05) is 0 Å². The summed E-state index contributed by atoms with van der Waals surface area (Å²) in [6.07, 6.45) is 0. The molecule has 4 heteroatoms. The first-order valence-corrected chi connectivity index (χ1v) is 12.1. The van der Waals surface area contributed by atoms with Crippen molar-refractivity contribution in [3.05, 3.63) is 125 Å². The second kappa shape index (κ2) is 9.06. The highest BCUT2D eigenvalue weighted by Crippen LogP contribution is 2.44. The van der Waals surface area contributed by atoms with Crippen molar-refractivity contribution in [1.82, 2.24) is 0 Å². The molecule has 0 radical (unpaired) electrons. The molecule has 0 amide bonds. The molecular weight excluding hydrogens is 430 g/mol. The molecule has 0 N–H and O–H groups in total. The third-order valence-corrected chi connectivity index (χ3v) is 9.51. The Morgan fingerprint density at radius 1 is 0.633 bits per heavy atom. The zero-order chi connectivity index (χ0) is 21.0. The molecule has 30 heavy (non-hydrogen) atoms. The molecule has 0 aromatic heterocycles. The lowest BCUT2D eigenvalue weighted by atomic mass is 10.1. The first-order chi connectivity index (χ1) is 14.6. The van der Waals surface area contributed by atoms with E-state index in [-0.39, 0.29) is 5.78 Å². The maximum Gasteiger partial charge on any atom is 0.188 e. The van der Waals surface area contributed by atoms with E-state index < -0.39 is 6.89 Å². The molecule has 1 nitrogen and oxygen atoms in total. The minimum absolute atomic E-state index is 0.110. The number of benzene rings is 4. The lowest BCUT2D eigenvalue weighted by Crippen LogP contribution is -2.28. The van der Waals surface area contributed by atoms with Crippen molar-refractivity contribution in [1.29, 1.82) is 0 Å². The van der Waals surface area contributed by atoms with Gasteiger partial charge in [0, 0.05) is 10.6 Å². The Morgan fingerprint density at radius 3 is 1.47 bits per heavy atom. The van der Waals surface area contributed by atoms with Crippen LogP contribution < -0.4 is 15.9 Å². The number of Topliss-reactive ketones (excluding diaryl/α,β-unsaturated/α-hetero) is 1. The van der Waals surface area contributed by atoms with Crippen molar-refractivity contribution in [3.63, 3.8) is 0 Å². The van der Waals surface area contributed by atoms with Gasteiger partial charge in [-0.25, -0.2) is 0 Å². The molecule has 4 aromatic carbocycles. The van der Waals surface area contributed by atoms with Crippen molar-refractivity contribution >= 4 is 57.6 Å². The molecule has 0 saturated carbocycles. The normalized spacial score (nSPS) is 11.1. The Hall–Kier alpha value is -2.57. The van der Waals surface area contributed by atoms with Crippen LogP contribution in [-0.2, 0) is 0 Å². The summed E-state index contributed by atoms with van der Waals surface area (Å²) in [4.78, 5) is 13.6. The number of hydrogen-bond acceptors (Lipinski definition) is 1. The second-order valence-corrected chi connectivity index (χ2v) is 10.9. The SMILES string of the molecule is O=C(C=P(c1ccccc1)(c1ccccc1)c1ccccc1)c1ccc(Cl)cc1Cl. The molecule has 0 atom stereocenters. The molecule has 0 bridgehead atoms. The lowest BCUT2D eigenvalue weighted by molar-refractivity contribution is 0.107. The van der Waals surface area contributed by atoms with Gasteiger partial charge in [0.1, 0.15) is 0 Å². The molecule has 0 aliphatic rings. The number of hydrogen-bond donors (Lipinski definition) is 0. The number of rotatable bonds is 5. The highest BCUT2D eigenvalue weighted by molar-refractivity contribution is 7.95. The van der Waals surface area contributed by atoms with E-state index in [0.717, 1.165) is 15.9 Å². The largest absolute Gasteiger partial charge is 0.289 e. The van der Waals surface area contributed by atoms with Gasteiger partial charge < -0.3 is 0 Å². The van der Waals surface area contributed by atoms with Crippen LogP contribution in [0.3, 0.4) is 0 Å². The van der Waals surface area contributed by atoms with Crippen LogP contribution in [0.4, 0.5) is 0 Å². The van der Waals surface area contributed by atoms with Crippen LogP contribution in [0, 0.1) is 0 Å². The van der Waals surface area contributed by atoms with E-state index in [4.69, 9.17) is 23.2 Å². The minimum Gasteiger partial charge on any atom is -0.289 e. The summed E-state index contributed by atoms with van der Waals surface area (Å²) in [5.74, 6) is 1.77. The topological polar surface area (TPSA) is 17.1 Å². The predicted octanol–water partition coefficient (Wildman–Crippen LogP) is 5.97. The van der Waals surface area contributed by atoms with Gasteiger partial charge in [0.15, 0.2) is 5.78 Å². The van der Waals surface area contributed by atoms with E-state index in [1.807, 2.05) is 60.4 Å². The van der Waals surface area contributed by atoms with Gasteiger partial charge in [0.05, 0.1) is 5.02 Å². The van der Waals surface area contributed by atoms with Crippen molar-refractivity contribution in [2.24, 2.45) is 0 Å². The minimum atomic E-state index is -2.37. The van der Waals surface area contributed by atoms with Crippen LogP contribution in [-0.4, -0.2) is 11.6 Å². The van der Waals surface area contributed by atoms with Crippen molar-refractivity contribution < 1.29 is 4.79 Å². The number of ketones is 1. The Labute approximate surface area is 186 Å². The zero-order valence-electron chi connectivity index (χ0n) is 16.1. The van der Waals surface area contributed by atoms with Crippen molar-refractivity contribution in [2.45, 2.75) is 0 Å². The predicted molar refractivity (Wildman–Crippen MR) is 132 cm³/mol. The molecule has 0 saturated heterocycles. The maximum atomic E-state index is 13.6. The van der Waals surface area contributed by atoms with E-state index in [9.17, 15) is 4.79 Å². The molecule has 0 aliphatic heterocycles. The molecule has 148 valence electrons. The van der Waals surface area contributed by atoms with E-state index in [2.05, 4.69) is 36.4 Å². The van der Waals surface area contributed by atoms with Gasteiger partial charge in [0.25, 0.3) is 0 Å². The summed E-state index contributed by atoms with van der Waals surface area (Å²) >= 11 is 12.4. The molecule has 4 aromatic rings. The standard InChI is InChI=1S/C26H19Cl2OP/c27-20-16-17-24(25(28)18-20)26(29)19-30(21-10-4-1-5-11-21,22-12-6-2-7-13-22)23-14-8-3-9-15-23/h1-19H. The smallest absolute Gasteiger partial charge is 0.188 e. The molecule has 0 aliphatic carbocycles. The average molecular weight is 449 g/mol. The summed E-state index contributed by atoms with van der Waals surface area (Å²) in [6, 6.07) is 35.7. The Kier molecular flexibility index (Phi) is 6.25. The van der Waals surface area contributed by atoms with Crippen LogP contribution >= 0.6 is 30.1 Å². The Balaban J connectivity index is 2.07. The maximum absolute atomic E-state index is 13.6. The van der Waals surface area contributed by atoms with Gasteiger partial charge in [0.2, 0.25) is 0 Å².